The number of anilines is 1. The fourth-order valence-electron chi connectivity index (χ4n) is 3.96. The quantitative estimate of drug-likeness (QED) is 0.849. The van der Waals surface area contributed by atoms with Gasteiger partial charge in [-0.05, 0) is 30.5 Å². The fraction of sp³-hybridized carbons (Fsp3) is 0.647. The average Bonchev–Trinajstić information content (AvgIpc) is 2.55. The highest BCUT2D eigenvalue weighted by molar-refractivity contribution is 5.49. The van der Waals surface area contributed by atoms with Crippen LogP contribution in [0.25, 0.3) is 0 Å². The molecule has 0 radical (unpaired) electrons. The minimum absolute atomic E-state index is 0.261. The summed E-state index contributed by atoms with van der Waals surface area (Å²) in [6.45, 7) is 4.86. The lowest BCUT2D eigenvalue weighted by Gasteiger charge is -2.45. The Labute approximate surface area is 131 Å². The normalized spacial score (nSPS) is 35.4. The van der Waals surface area contributed by atoms with E-state index in [0.717, 1.165) is 44.7 Å². The summed E-state index contributed by atoms with van der Waals surface area (Å²) in [5, 5.41) is 14.7. The largest absolute Gasteiger partial charge is 0.385 e. The molecule has 1 aromatic rings. The van der Waals surface area contributed by atoms with E-state index in [1.807, 2.05) is 0 Å². The molecule has 0 aromatic heterocycles. The molecule has 2 unspecified atom stereocenters. The van der Waals surface area contributed by atoms with Crippen LogP contribution in [0.2, 0.25) is 0 Å². The van der Waals surface area contributed by atoms with Crippen molar-refractivity contribution in [1.82, 2.24) is 5.32 Å². The second-order valence-electron chi connectivity index (χ2n) is 6.68. The molecule has 3 saturated heterocycles. The van der Waals surface area contributed by atoms with E-state index in [0.29, 0.717) is 13.2 Å². The Morgan fingerprint density at radius 1 is 1.00 bits per heavy atom. The molecule has 2 atom stereocenters. The first-order valence-electron chi connectivity index (χ1n) is 8.22. The summed E-state index contributed by atoms with van der Waals surface area (Å²) in [5.41, 5.74) is 1.52. The Kier molecular flexibility index (Phi) is 3.82. The van der Waals surface area contributed by atoms with Crippen molar-refractivity contribution >= 4 is 5.69 Å². The molecular formula is C17H24N2O3. The van der Waals surface area contributed by atoms with E-state index in [9.17, 15) is 5.11 Å². The highest BCUT2D eigenvalue weighted by Gasteiger charge is 2.42. The third-order valence-corrected chi connectivity index (χ3v) is 5.06. The van der Waals surface area contributed by atoms with Crippen LogP contribution in [0.5, 0.6) is 0 Å². The number of rotatable bonds is 2. The molecule has 0 amide bonds. The molecule has 2 bridgehead atoms. The highest BCUT2D eigenvalue weighted by atomic mass is 16.5. The Morgan fingerprint density at radius 2 is 1.64 bits per heavy atom. The lowest BCUT2D eigenvalue weighted by Crippen LogP contribution is -2.58. The van der Waals surface area contributed by atoms with Crippen LogP contribution in [-0.4, -0.2) is 56.7 Å². The lowest BCUT2D eigenvalue weighted by atomic mass is 9.78. The summed E-state index contributed by atoms with van der Waals surface area (Å²) < 4.78 is 11.0. The van der Waals surface area contributed by atoms with E-state index in [1.165, 1.54) is 5.69 Å². The van der Waals surface area contributed by atoms with Crippen LogP contribution in [0.1, 0.15) is 18.4 Å². The molecule has 120 valence electrons. The van der Waals surface area contributed by atoms with Crippen molar-refractivity contribution in [3.63, 3.8) is 0 Å². The van der Waals surface area contributed by atoms with Gasteiger partial charge in [-0.2, -0.15) is 0 Å². The van der Waals surface area contributed by atoms with Crippen LogP contribution in [0.15, 0.2) is 24.3 Å². The number of hydrogen-bond acceptors (Lipinski definition) is 5. The van der Waals surface area contributed by atoms with E-state index in [4.69, 9.17) is 9.47 Å². The molecule has 3 aliphatic heterocycles. The molecule has 22 heavy (non-hydrogen) atoms. The minimum Gasteiger partial charge on any atom is -0.385 e. The number of fused-ring (bicyclic) bond motifs is 2. The van der Waals surface area contributed by atoms with Crippen molar-refractivity contribution in [1.29, 1.82) is 0 Å². The summed E-state index contributed by atoms with van der Waals surface area (Å²) in [5.74, 6) is 0. The zero-order valence-electron chi connectivity index (χ0n) is 12.8. The molecule has 5 nitrogen and oxygen atoms in total. The van der Waals surface area contributed by atoms with Gasteiger partial charge in [-0.15, -0.1) is 0 Å². The lowest BCUT2D eigenvalue weighted by molar-refractivity contribution is -0.0802. The smallest absolute Gasteiger partial charge is 0.0928 e. The second-order valence-corrected chi connectivity index (χ2v) is 6.68. The topological polar surface area (TPSA) is 54.0 Å². The number of benzene rings is 1. The second kappa shape index (κ2) is 5.81. The van der Waals surface area contributed by atoms with Crippen LogP contribution in [0.3, 0.4) is 0 Å². The van der Waals surface area contributed by atoms with Gasteiger partial charge in [0.1, 0.15) is 0 Å². The van der Waals surface area contributed by atoms with E-state index in [1.54, 1.807) is 0 Å². The van der Waals surface area contributed by atoms with Crippen LogP contribution in [0, 0.1) is 0 Å². The van der Waals surface area contributed by atoms with Crippen LogP contribution in [0.4, 0.5) is 5.69 Å². The van der Waals surface area contributed by atoms with Gasteiger partial charge in [0.05, 0.1) is 32.0 Å². The van der Waals surface area contributed by atoms with Gasteiger partial charge in [-0.1, -0.05) is 12.1 Å². The van der Waals surface area contributed by atoms with Crippen molar-refractivity contribution in [2.45, 2.75) is 30.5 Å². The Bertz CT molecular complexity index is 501. The maximum atomic E-state index is 11.1. The van der Waals surface area contributed by atoms with Gasteiger partial charge in [-0.25, -0.2) is 0 Å². The number of hydrogen-bond donors (Lipinski definition) is 2. The maximum absolute atomic E-state index is 11.1. The van der Waals surface area contributed by atoms with Gasteiger partial charge in [0.2, 0.25) is 0 Å². The van der Waals surface area contributed by atoms with Gasteiger partial charge in [0, 0.05) is 30.9 Å². The zero-order valence-corrected chi connectivity index (χ0v) is 12.8. The van der Waals surface area contributed by atoms with Crippen molar-refractivity contribution in [2.75, 3.05) is 44.4 Å². The minimum atomic E-state index is -0.728. The number of nitrogens with one attached hydrogen (secondary N) is 1. The summed E-state index contributed by atoms with van der Waals surface area (Å²) >= 11 is 0. The monoisotopic (exact) mass is 304 g/mol. The number of ether oxygens (including phenoxy) is 2. The Morgan fingerprint density at radius 3 is 2.27 bits per heavy atom. The summed E-state index contributed by atoms with van der Waals surface area (Å²) in [4.78, 5) is 2.34. The molecule has 0 spiro atoms. The molecule has 5 heteroatoms. The Hall–Kier alpha value is -1.14. The van der Waals surface area contributed by atoms with Crippen molar-refractivity contribution < 1.29 is 14.6 Å². The first-order chi connectivity index (χ1) is 10.7. The first kappa shape index (κ1) is 14.5. The van der Waals surface area contributed by atoms with E-state index in [2.05, 4.69) is 34.5 Å². The third-order valence-electron chi connectivity index (χ3n) is 5.06. The van der Waals surface area contributed by atoms with Crippen LogP contribution >= 0.6 is 0 Å². The van der Waals surface area contributed by atoms with Gasteiger partial charge in [-0.3, -0.25) is 0 Å². The maximum Gasteiger partial charge on any atom is 0.0928 e. The molecule has 3 fully saturated rings. The Balaban J connectivity index is 1.52. The van der Waals surface area contributed by atoms with Gasteiger partial charge >= 0.3 is 0 Å². The summed E-state index contributed by atoms with van der Waals surface area (Å²) in [6.07, 6.45) is 1.45. The van der Waals surface area contributed by atoms with Gasteiger partial charge < -0.3 is 24.8 Å². The number of piperidine rings is 1. The fourth-order valence-corrected chi connectivity index (χ4v) is 3.96. The van der Waals surface area contributed by atoms with Gasteiger partial charge in [0.25, 0.3) is 0 Å². The molecule has 3 aliphatic rings. The van der Waals surface area contributed by atoms with Gasteiger partial charge in [0.15, 0.2) is 0 Å². The predicted molar refractivity (Wildman–Crippen MR) is 84.1 cm³/mol. The number of morpholine rings is 2. The number of aliphatic hydroxyl groups is 1. The molecule has 2 N–H and O–H groups in total. The number of nitrogens with zero attached hydrogens (tertiary/aromatic N) is 1. The standard InChI is InChI=1S/C17H24N2O3/c20-17(9-14-11-22-12-15(10-17)18-14)13-1-3-16(4-2-13)19-5-7-21-8-6-19/h1-4,14-15,18,20H,5-12H2. The van der Waals surface area contributed by atoms with E-state index < -0.39 is 5.60 Å². The van der Waals surface area contributed by atoms with E-state index in [-0.39, 0.29) is 12.1 Å². The molecule has 0 saturated carbocycles. The third kappa shape index (κ3) is 2.74. The SMILES string of the molecule is OC1(c2ccc(N3CCOCC3)cc2)CC2COCC(C1)N2. The van der Waals surface area contributed by atoms with Crippen molar-refractivity contribution in [3.05, 3.63) is 29.8 Å². The summed E-state index contributed by atoms with van der Waals surface area (Å²) in [6, 6.07) is 8.96. The molecule has 0 aliphatic carbocycles. The molecular weight excluding hydrogens is 280 g/mol. The summed E-state index contributed by atoms with van der Waals surface area (Å²) in [7, 11) is 0. The van der Waals surface area contributed by atoms with Crippen molar-refractivity contribution in [2.24, 2.45) is 0 Å². The highest BCUT2D eigenvalue weighted by Crippen LogP contribution is 2.37. The van der Waals surface area contributed by atoms with Crippen LogP contribution < -0.4 is 10.2 Å². The molecule has 1 aromatic carbocycles. The predicted octanol–water partition coefficient (Wildman–Crippen LogP) is 0.862. The zero-order chi connectivity index (χ0) is 15.0. The van der Waals surface area contributed by atoms with Crippen molar-refractivity contribution in [3.8, 4) is 0 Å². The molecule has 4 rings (SSSR count). The average molecular weight is 304 g/mol. The van der Waals surface area contributed by atoms with Crippen LogP contribution in [-0.2, 0) is 15.1 Å². The first-order valence-corrected chi connectivity index (χ1v) is 8.22. The van der Waals surface area contributed by atoms with E-state index >= 15 is 0 Å². The molecule has 3 heterocycles.